The number of aromatic nitrogens is 2. The molecule has 0 saturated heterocycles. The molecule has 0 aliphatic rings. The molecular formula is C14H14N4O3. The summed E-state index contributed by atoms with van der Waals surface area (Å²) in [4.78, 5) is 36.1. The lowest BCUT2D eigenvalue weighted by Crippen LogP contribution is -2.22. The lowest BCUT2D eigenvalue weighted by atomic mass is 10.2. The van der Waals surface area contributed by atoms with E-state index in [0.29, 0.717) is 11.3 Å². The van der Waals surface area contributed by atoms with Gasteiger partial charge in [-0.05, 0) is 24.3 Å². The van der Waals surface area contributed by atoms with E-state index in [4.69, 9.17) is 0 Å². The monoisotopic (exact) mass is 286 g/mol. The summed E-state index contributed by atoms with van der Waals surface area (Å²) in [7, 11) is 3.30. The normalized spacial score (nSPS) is 10.0. The fourth-order valence-electron chi connectivity index (χ4n) is 1.65. The Labute approximate surface area is 120 Å². The van der Waals surface area contributed by atoms with E-state index in [1.54, 1.807) is 38.4 Å². The van der Waals surface area contributed by atoms with E-state index in [1.807, 2.05) is 0 Å². The number of nitrogens with zero attached hydrogens (tertiary/aromatic N) is 2. The highest BCUT2D eigenvalue weighted by Gasteiger charge is 2.11. The molecule has 2 amide bonds. The number of H-pyrrole nitrogens is 1. The molecule has 21 heavy (non-hydrogen) atoms. The van der Waals surface area contributed by atoms with E-state index in [-0.39, 0.29) is 17.2 Å². The third-order valence-corrected chi connectivity index (χ3v) is 2.69. The van der Waals surface area contributed by atoms with Crippen LogP contribution in [0.5, 0.6) is 0 Å². The van der Waals surface area contributed by atoms with E-state index >= 15 is 0 Å². The van der Waals surface area contributed by atoms with Crippen molar-refractivity contribution in [1.82, 2.24) is 15.1 Å². The standard InChI is InChI=1S/C14H14N4O3/c1-18(2)14(21)9-4-3-5-10(8-9)15-13(20)11-6-7-12(19)17-16-11/h3-8H,1-2H3,(H,15,20)(H,17,19). The van der Waals surface area contributed by atoms with Crippen LogP contribution in [0.4, 0.5) is 5.69 Å². The largest absolute Gasteiger partial charge is 0.345 e. The lowest BCUT2D eigenvalue weighted by Gasteiger charge is -2.11. The molecule has 1 heterocycles. The van der Waals surface area contributed by atoms with Crippen molar-refractivity contribution in [3.05, 3.63) is 58.0 Å². The summed E-state index contributed by atoms with van der Waals surface area (Å²) in [6, 6.07) is 9.11. The molecular weight excluding hydrogens is 272 g/mol. The van der Waals surface area contributed by atoms with Gasteiger partial charge >= 0.3 is 0 Å². The predicted octanol–water partition coefficient (Wildman–Crippen LogP) is 0.724. The van der Waals surface area contributed by atoms with Crippen LogP contribution in [0.25, 0.3) is 0 Å². The maximum atomic E-state index is 11.9. The minimum Gasteiger partial charge on any atom is -0.345 e. The third-order valence-electron chi connectivity index (χ3n) is 2.69. The maximum absolute atomic E-state index is 11.9. The molecule has 0 radical (unpaired) electrons. The zero-order valence-corrected chi connectivity index (χ0v) is 11.6. The number of aromatic amines is 1. The van der Waals surface area contributed by atoms with Gasteiger partial charge in [-0.2, -0.15) is 5.10 Å². The molecule has 2 N–H and O–H groups in total. The van der Waals surface area contributed by atoms with Crippen molar-refractivity contribution in [3.63, 3.8) is 0 Å². The molecule has 7 nitrogen and oxygen atoms in total. The van der Waals surface area contributed by atoms with Gasteiger partial charge in [0.15, 0.2) is 0 Å². The number of amides is 2. The first-order valence-electron chi connectivity index (χ1n) is 6.16. The van der Waals surface area contributed by atoms with Crippen LogP contribution in [0.3, 0.4) is 0 Å². The first-order chi connectivity index (χ1) is 9.97. The molecule has 7 heteroatoms. The molecule has 0 unspecified atom stereocenters. The van der Waals surface area contributed by atoms with Gasteiger partial charge in [0.1, 0.15) is 5.69 Å². The molecule has 2 aromatic rings. The van der Waals surface area contributed by atoms with Crippen LogP contribution in [0.1, 0.15) is 20.8 Å². The van der Waals surface area contributed by atoms with E-state index in [1.165, 1.54) is 17.0 Å². The number of anilines is 1. The topological polar surface area (TPSA) is 95.2 Å². The number of rotatable bonds is 3. The highest BCUT2D eigenvalue weighted by atomic mass is 16.2. The lowest BCUT2D eigenvalue weighted by molar-refractivity contribution is 0.0827. The number of carbonyl (C=O) groups is 2. The van der Waals surface area contributed by atoms with Crippen molar-refractivity contribution in [2.75, 3.05) is 19.4 Å². The quantitative estimate of drug-likeness (QED) is 0.869. The minimum absolute atomic E-state index is 0.0824. The van der Waals surface area contributed by atoms with Crippen LogP contribution in [0.15, 0.2) is 41.2 Å². The number of nitrogens with one attached hydrogen (secondary N) is 2. The number of benzene rings is 1. The smallest absolute Gasteiger partial charge is 0.276 e. The molecule has 0 aliphatic heterocycles. The van der Waals surface area contributed by atoms with Crippen molar-refractivity contribution in [2.45, 2.75) is 0 Å². The Morgan fingerprint density at radius 1 is 1.19 bits per heavy atom. The summed E-state index contributed by atoms with van der Waals surface area (Å²) in [6.07, 6.45) is 0. The first-order valence-corrected chi connectivity index (χ1v) is 6.16. The Morgan fingerprint density at radius 2 is 1.95 bits per heavy atom. The van der Waals surface area contributed by atoms with E-state index in [9.17, 15) is 14.4 Å². The molecule has 2 rings (SSSR count). The van der Waals surface area contributed by atoms with Gasteiger partial charge in [-0.25, -0.2) is 5.10 Å². The summed E-state index contributed by atoms with van der Waals surface area (Å²) >= 11 is 0. The van der Waals surface area contributed by atoms with Gasteiger partial charge in [0.25, 0.3) is 17.4 Å². The van der Waals surface area contributed by atoms with Crippen LogP contribution in [-0.2, 0) is 0 Å². The average molecular weight is 286 g/mol. The van der Waals surface area contributed by atoms with Crippen molar-refractivity contribution in [3.8, 4) is 0 Å². The fourth-order valence-corrected chi connectivity index (χ4v) is 1.65. The van der Waals surface area contributed by atoms with Crippen LogP contribution >= 0.6 is 0 Å². The predicted molar refractivity (Wildman–Crippen MR) is 77.3 cm³/mol. The van der Waals surface area contributed by atoms with Crippen molar-refractivity contribution in [2.24, 2.45) is 0 Å². The van der Waals surface area contributed by atoms with Gasteiger partial charge in [-0.3, -0.25) is 14.4 Å². The van der Waals surface area contributed by atoms with Gasteiger partial charge in [0, 0.05) is 31.4 Å². The zero-order valence-electron chi connectivity index (χ0n) is 11.6. The van der Waals surface area contributed by atoms with Gasteiger partial charge in [-0.15, -0.1) is 0 Å². The fraction of sp³-hybridized carbons (Fsp3) is 0.143. The molecule has 0 saturated carbocycles. The Bertz CT molecular complexity index is 716. The van der Waals surface area contributed by atoms with Gasteiger partial charge < -0.3 is 10.2 Å². The summed E-state index contributed by atoms with van der Waals surface area (Å²) in [5, 5.41) is 8.44. The van der Waals surface area contributed by atoms with Crippen LogP contribution in [0, 0.1) is 0 Å². The average Bonchev–Trinajstić information content (AvgIpc) is 2.47. The highest BCUT2D eigenvalue weighted by molar-refractivity contribution is 6.03. The summed E-state index contributed by atoms with van der Waals surface area (Å²) < 4.78 is 0. The highest BCUT2D eigenvalue weighted by Crippen LogP contribution is 2.12. The van der Waals surface area contributed by atoms with Gasteiger partial charge in [0.05, 0.1) is 0 Å². The number of hydrogen-bond donors (Lipinski definition) is 2. The molecule has 0 aliphatic carbocycles. The Balaban J connectivity index is 2.18. The second-order valence-corrected chi connectivity index (χ2v) is 4.54. The minimum atomic E-state index is -0.472. The Morgan fingerprint density at radius 3 is 2.57 bits per heavy atom. The molecule has 1 aromatic heterocycles. The first kappa shape index (κ1) is 14.4. The third kappa shape index (κ3) is 3.53. The molecule has 1 aromatic carbocycles. The van der Waals surface area contributed by atoms with Crippen LogP contribution < -0.4 is 10.9 Å². The molecule has 108 valence electrons. The second-order valence-electron chi connectivity index (χ2n) is 4.54. The molecule has 0 bridgehead atoms. The van der Waals surface area contributed by atoms with Crippen LogP contribution in [-0.4, -0.2) is 41.0 Å². The molecule has 0 fully saturated rings. The summed E-state index contributed by atoms with van der Waals surface area (Å²) in [6.45, 7) is 0. The van der Waals surface area contributed by atoms with E-state index in [0.717, 1.165) is 0 Å². The Kier molecular flexibility index (Phi) is 4.13. The SMILES string of the molecule is CN(C)C(=O)c1cccc(NC(=O)c2ccc(=O)[nH]n2)c1. The summed E-state index contributed by atoms with van der Waals surface area (Å²) in [5.74, 6) is -0.631. The van der Waals surface area contributed by atoms with Crippen molar-refractivity contribution < 1.29 is 9.59 Å². The number of carbonyl (C=O) groups excluding carboxylic acids is 2. The maximum Gasteiger partial charge on any atom is 0.276 e. The van der Waals surface area contributed by atoms with Crippen molar-refractivity contribution >= 4 is 17.5 Å². The zero-order chi connectivity index (χ0) is 15.4. The Hall–Kier alpha value is -2.96. The second kappa shape index (κ2) is 6.00. The molecule has 0 spiro atoms. The van der Waals surface area contributed by atoms with Crippen LogP contribution in [0.2, 0.25) is 0 Å². The van der Waals surface area contributed by atoms with Gasteiger partial charge in [0.2, 0.25) is 0 Å². The molecule has 0 atom stereocenters. The summed E-state index contributed by atoms with van der Waals surface area (Å²) in [5.41, 5.74) is 0.636. The van der Waals surface area contributed by atoms with Gasteiger partial charge in [-0.1, -0.05) is 6.07 Å². The van der Waals surface area contributed by atoms with E-state index in [2.05, 4.69) is 15.5 Å². The van der Waals surface area contributed by atoms with E-state index < -0.39 is 5.91 Å². The number of hydrogen-bond acceptors (Lipinski definition) is 4. The van der Waals surface area contributed by atoms with Crippen molar-refractivity contribution in [1.29, 1.82) is 0 Å².